The molecule has 0 unspecified atom stereocenters. The van der Waals surface area contributed by atoms with Crippen molar-refractivity contribution in [1.82, 2.24) is 4.72 Å². The van der Waals surface area contributed by atoms with Gasteiger partial charge in [0.15, 0.2) is 5.78 Å². The molecule has 0 saturated heterocycles. The maximum Gasteiger partial charge on any atom is 0.240 e. The van der Waals surface area contributed by atoms with Gasteiger partial charge in [0.1, 0.15) is 5.82 Å². The second kappa shape index (κ2) is 6.37. The number of halogens is 1. The molecule has 0 aliphatic rings. The summed E-state index contributed by atoms with van der Waals surface area (Å²) in [6, 6.07) is 10.3. The second-order valence-electron chi connectivity index (χ2n) is 4.99. The molecule has 1 N–H and O–H groups in total. The predicted molar refractivity (Wildman–Crippen MR) is 81.6 cm³/mol. The van der Waals surface area contributed by atoms with Crippen LogP contribution in [0, 0.1) is 12.7 Å². The first-order valence-corrected chi connectivity index (χ1v) is 8.13. The van der Waals surface area contributed by atoms with Crippen molar-refractivity contribution in [2.75, 3.05) is 0 Å². The predicted octanol–water partition coefficient (Wildman–Crippen LogP) is 2.82. The first kappa shape index (κ1) is 16.3. The molecule has 2 aromatic rings. The smallest absolute Gasteiger partial charge is 0.240 e. The molecule has 22 heavy (non-hydrogen) atoms. The molecule has 0 aromatic heterocycles. The van der Waals surface area contributed by atoms with E-state index in [1.54, 1.807) is 25.1 Å². The normalized spacial score (nSPS) is 11.4. The van der Waals surface area contributed by atoms with Crippen LogP contribution in [0.3, 0.4) is 0 Å². The largest absolute Gasteiger partial charge is 0.295 e. The minimum Gasteiger partial charge on any atom is -0.295 e. The molecule has 0 spiro atoms. The van der Waals surface area contributed by atoms with Gasteiger partial charge in [-0.05, 0) is 43.2 Å². The SMILES string of the molecule is CC(=O)c1cccc(S(=O)(=O)NCc2ccc(C)c(F)c2)c1. The number of hydrogen-bond donors (Lipinski definition) is 1. The fraction of sp³-hybridized carbons (Fsp3) is 0.188. The summed E-state index contributed by atoms with van der Waals surface area (Å²) in [6.45, 7) is 2.98. The van der Waals surface area contributed by atoms with Crippen molar-refractivity contribution < 1.29 is 17.6 Å². The van der Waals surface area contributed by atoms with Crippen LogP contribution in [0.4, 0.5) is 4.39 Å². The first-order valence-electron chi connectivity index (χ1n) is 6.65. The van der Waals surface area contributed by atoms with E-state index in [1.165, 1.54) is 31.2 Å². The van der Waals surface area contributed by atoms with Crippen LogP contribution in [0.5, 0.6) is 0 Å². The van der Waals surface area contributed by atoms with Crippen LogP contribution in [0.2, 0.25) is 0 Å². The Bertz CT molecular complexity index is 816. The maximum atomic E-state index is 13.4. The molecule has 0 radical (unpaired) electrons. The molecule has 6 heteroatoms. The average molecular weight is 321 g/mol. The summed E-state index contributed by atoms with van der Waals surface area (Å²) < 4.78 is 40.3. The van der Waals surface area contributed by atoms with Crippen molar-refractivity contribution in [3.05, 3.63) is 65.0 Å². The van der Waals surface area contributed by atoms with Crippen molar-refractivity contribution in [2.45, 2.75) is 25.3 Å². The Morgan fingerprint density at radius 3 is 2.55 bits per heavy atom. The van der Waals surface area contributed by atoms with E-state index >= 15 is 0 Å². The average Bonchev–Trinajstić information content (AvgIpc) is 2.48. The van der Waals surface area contributed by atoms with Gasteiger partial charge in [-0.25, -0.2) is 17.5 Å². The zero-order valence-corrected chi connectivity index (χ0v) is 13.1. The van der Waals surface area contributed by atoms with E-state index in [0.717, 1.165) is 0 Å². The summed E-state index contributed by atoms with van der Waals surface area (Å²) in [4.78, 5) is 11.3. The lowest BCUT2D eigenvalue weighted by molar-refractivity contribution is 0.101. The summed E-state index contributed by atoms with van der Waals surface area (Å²) >= 11 is 0. The van der Waals surface area contributed by atoms with Crippen molar-refractivity contribution in [2.24, 2.45) is 0 Å². The molecule has 0 fully saturated rings. The van der Waals surface area contributed by atoms with Gasteiger partial charge in [-0.1, -0.05) is 24.3 Å². The van der Waals surface area contributed by atoms with E-state index < -0.39 is 10.0 Å². The lowest BCUT2D eigenvalue weighted by Gasteiger charge is -2.08. The van der Waals surface area contributed by atoms with Gasteiger partial charge in [0.05, 0.1) is 4.90 Å². The lowest BCUT2D eigenvalue weighted by Crippen LogP contribution is -2.23. The number of benzene rings is 2. The minimum atomic E-state index is -3.76. The highest BCUT2D eigenvalue weighted by Gasteiger charge is 2.15. The molecule has 2 rings (SSSR count). The van der Waals surface area contributed by atoms with Gasteiger partial charge in [-0.2, -0.15) is 0 Å². The molecule has 0 heterocycles. The number of carbonyl (C=O) groups is 1. The standard InChI is InChI=1S/C16H16FNO3S/c1-11-6-7-13(8-16(11)17)10-18-22(20,21)15-5-3-4-14(9-15)12(2)19/h3-9,18H,10H2,1-2H3. The monoisotopic (exact) mass is 321 g/mol. The molecule has 0 saturated carbocycles. The highest BCUT2D eigenvalue weighted by molar-refractivity contribution is 7.89. The van der Waals surface area contributed by atoms with Crippen LogP contribution >= 0.6 is 0 Å². The van der Waals surface area contributed by atoms with Crippen LogP contribution in [0.1, 0.15) is 28.4 Å². The van der Waals surface area contributed by atoms with Gasteiger partial charge in [0.25, 0.3) is 0 Å². The van der Waals surface area contributed by atoms with Crippen LogP contribution in [-0.2, 0) is 16.6 Å². The van der Waals surface area contributed by atoms with Crippen LogP contribution in [0.15, 0.2) is 47.4 Å². The van der Waals surface area contributed by atoms with Crippen LogP contribution in [-0.4, -0.2) is 14.2 Å². The molecule has 0 aliphatic carbocycles. The van der Waals surface area contributed by atoms with E-state index in [2.05, 4.69) is 4.72 Å². The highest BCUT2D eigenvalue weighted by Crippen LogP contribution is 2.14. The third-order valence-corrected chi connectivity index (χ3v) is 4.65. The zero-order valence-electron chi connectivity index (χ0n) is 12.3. The van der Waals surface area contributed by atoms with E-state index in [0.29, 0.717) is 16.7 Å². The van der Waals surface area contributed by atoms with E-state index in [9.17, 15) is 17.6 Å². The Morgan fingerprint density at radius 2 is 1.91 bits per heavy atom. The highest BCUT2D eigenvalue weighted by atomic mass is 32.2. The van der Waals surface area contributed by atoms with Crippen molar-refractivity contribution in [3.8, 4) is 0 Å². The van der Waals surface area contributed by atoms with E-state index in [1.807, 2.05) is 0 Å². The van der Waals surface area contributed by atoms with Crippen molar-refractivity contribution >= 4 is 15.8 Å². The third-order valence-electron chi connectivity index (χ3n) is 3.25. The number of hydrogen-bond acceptors (Lipinski definition) is 3. The topological polar surface area (TPSA) is 63.2 Å². The van der Waals surface area contributed by atoms with Gasteiger partial charge >= 0.3 is 0 Å². The van der Waals surface area contributed by atoms with Gasteiger partial charge in [0, 0.05) is 12.1 Å². The Balaban J connectivity index is 2.19. The summed E-state index contributed by atoms with van der Waals surface area (Å²) in [5.41, 5.74) is 1.35. The molecule has 0 bridgehead atoms. The number of ketones is 1. The van der Waals surface area contributed by atoms with E-state index in [-0.39, 0.29) is 23.0 Å². The number of carbonyl (C=O) groups excluding carboxylic acids is 1. The molecule has 0 atom stereocenters. The Hall–Kier alpha value is -2.05. The third kappa shape index (κ3) is 3.78. The Morgan fingerprint density at radius 1 is 1.18 bits per heavy atom. The molecule has 116 valence electrons. The Labute approximate surface area is 129 Å². The summed E-state index contributed by atoms with van der Waals surface area (Å²) in [5, 5.41) is 0. The van der Waals surface area contributed by atoms with Crippen molar-refractivity contribution in [3.63, 3.8) is 0 Å². The van der Waals surface area contributed by atoms with Crippen LogP contribution in [0.25, 0.3) is 0 Å². The van der Waals surface area contributed by atoms with Gasteiger partial charge < -0.3 is 0 Å². The van der Waals surface area contributed by atoms with Crippen molar-refractivity contribution in [1.29, 1.82) is 0 Å². The van der Waals surface area contributed by atoms with Gasteiger partial charge in [-0.3, -0.25) is 4.79 Å². The Kier molecular flexibility index (Phi) is 4.73. The summed E-state index contributed by atoms with van der Waals surface area (Å²) in [5.74, 6) is -0.590. The molecule has 0 amide bonds. The second-order valence-corrected chi connectivity index (χ2v) is 6.76. The van der Waals surface area contributed by atoms with Gasteiger partial charge in [-0.15, -0.1) is 0 Å². The summed E-state index contributed by atoms with van der Waals surface area (Å²) in [6.07, 6.45) is 0. The number of nitrogens with one attached hydrogen (secondary N) is 1. The van der Waals surface area contributed by atoms with E-state index in [4.69, 9.17) is 0 Å². The summed E-state index contributed by atoms with van der Waals surface area (Å²) in [7, 11) is -3.76. The number of Topliss-reactive ketones (excluding diaryl/α,β-unsaturated/α-hetero) is 1. The molecule has 4 nitrogen and oxygen atoms in total. The van der Waals surface area contributed by atoms with Gasteiger partial charge in [0.2, 0.25) is 10.0 Å². The number of rotatable bonds is 5. The molecular formula is C16H16FNO3S. The quantitative estimate of drug-likeness (QED) is 0.861. The lowest BCUT2D eigenvalue weighted by atomic mass is 10.1. The fourth-order valence-corrected chi connectivity index (χ4v) is 2.95. The minimum absolute atomic E-state index is 0.00721. The molecule has 0 aliphatic heterocycles. The fourth-order valence-electron chi connectivity index (χ4n) is 1.89. The maximum absolute atomic E-state index is 13.4. The first-order chi connectivity index (χ1) is 10.3. The molecule has 2 aromatic carbocycles. The number of aryl methyl sites for hydroxylation is 1. The van der Waals surface area contributed by atoms with Crippen LogP contribution < -0.4 is 4.72 Å². The number of sulfonamides is 1. The zero-order chi connectivity index (χ0) is 16.3. The molecular weight excluding hydrogens is 305 g/mol.